The van der Waals surface area contributed by atoms with E-state index in [0.717, 1.165) is 36.5 Å². The van der Waals surface area contributed by atoms with Crippen LogP contribution in [0, 0.1) is 0 Å². The molecule has 1 amide bonds. The Labute approximate surface area is 126 Å². The standard InChI is InChI=1S/C16H25N3O2/c1-4-6-14-9-13(10-15(18-14)17-5-2)16(20)19-7-8-21-12(3)11-19/h9-10,12H,4-8,11H2,1-3H3,(H,17,18). The number of rotatable bonds is 5. The van der Waals surface area contributed by atoms with Gasteiger partial charge in [-0.15, -0.1) is 0 Å². The van der Waals surface area contributed by atoms with E-state index in [2.05, 4.69) is 17.2 Å². The minimum Gasteiger partial charge on any atom is -0.375 e. The van der Waals surface area contributed by atoms with Crippen LogP contribution in [-0.4, -0.2) is 48.1 Å². The van der Waals surface area contributed by atoms with Crippen LogP contribution in [0.25, 0.3) is 0 Å². The van der Waals surface area contributed by atoms with E-state index in [1.165, 1.54) is 0 Å². The molecule has 21 heavy (non-hydrogen) atoms. The van der Waals surface area contributed by atoms with E-state index in [4.69, 9.17) is 4.74 Å². The molecule has 2 rings (SSSR count). The normalized spacial score (nSPS) is 18.6. The van der Waals surface area contributed by atoms with Crippen LogP contribution in [0.4, 0.5) is 5.82 Å². The number of hydrogen-bond acceptors (Lipinski definition) is 4. The molecule has 1 aromatic rings. The maximum absolute atomic E-state index is 12.7. The molecule has 5 nitrogen and oxygen atoms in total. The summed E-state index contributed by atoms with van der Waals surface area (Å²) >= 11 is 0. The zero-order valence-corrected chi connectivity index (χ0v) is 13.2. The van der Waals surface area contributed by atoms with Gasteiger partial charge in [-0.05, 0) is 32.4 Å². The van der Waals surface area contributed by atoms with E-state index in [0.29, 0.717) is 19.7 Å². The van der Waals surface area contributed by atoms with E-state index in [1.54, 1.807) is 0 Å². The third-order valence-electron chi connectivity index (χ3n) is 3.52. The van der Waals surface area contributed by atoms with E-state index in [9.17, 15) is 4.79 Å². The maximum atomic E-state index is 12.7. The van der Waals surface area contributed by atoms with Crippen LogP contribution in [0.2, 0.25) is 0 Å². The lowest BCUT2D eigenvalue weighted by molar-refractivity contribution is -0.0124. The first-order valence-electron chi connectivity index (χ1n) is 7.79. The Bertz CT molecular complexity index is 466. The molecule has 5 heteroatoms. The summed E-state index contributed by atoms with van der Waals surface area (Å²) < 4.78 is 5.50. The number of amides is 1. The molecule has 1 aliphatic rings. The van der Waals surface area contributed by atoms with Gasteiger partial charge >= 0.3 is 0 Å². The number of anilines is 1. The Balaban J connectivity index is 2.21. The van der Waals surface area contributed by atoms with Crippen molar-refractivity contribution in [3.63, 3.8) is 0 Å². The molecule has 0 spiro atoms. The molecule has 1 unspecified atom stereocenters. The van der Waals surface area contributed by atoms with Gasteiger partial charge in [-0.3, -0.25) is 4.79 Å². The zero-order valence-electron chi connectivity index (χ0n) is 13.2. The number of aryl methyl sites for hydroxylation is 1. The highest BCUT2D eigenvalue weighted by molar-refractivity contribution is 5.95. The van der Waals surface area contributed by atoms with Crippen molar-refractivity contribution < 1.29 is 9.53 Å². The first-order chi connectivity index (χ1) is 10.1. The Hall–Kier alpha value is -1.62. The Kier molecular flexibility index (Phi) is 5.56. The van der Waals surface area contributed by atoms with Crippen molar-refractivity contribution in [3.05, 3.63) is 23.4 Å². The van der Waals surface area contributed by atoms with E-state index in [-0.39, 0.29) is 12.0 Å². The zero-order chi connectivity index (χ0) is 15.2. The summed E-state index contributed by atoms with van der Waals surface area (Å²) in [5.41, 5.74) is 1.69. The fraction of sp³-hybridized carbons (Fsp3) is 0.625. The average molecular weight is 291 g/mol. The van der Waals surface area contributed by atoms with Gasteiger partial charge in [0, 0.05) is 30.9 Å². The predicted molar refractivity (Wildman–Crippen MR) is 83.7 cm³/mol. The maximum Gasteiger partial charge on any atom is 0.254 e. The summed E-state index contributed by atoms with van der Waals surface area (Å²) in [5, 5.41) is 3.21. The highest BCUT2D eigenvalue weighted by Crippen LogP contribution is 2.16. The van der Waals surface area contributed by atoms with E-state index >= 15 is 0 Å². The number of carbonyl (C=O) groups excluding carboxylic acids is 1. The van der Waals surface area contributed by atoms with Gasteiger partial charge in [-0.2, -0.15) is 0 Å². The molecular weight excluding hydrogens is 266 g/mol. The minimum atomic E-state index is 0.0732. The van der Waals surface area contributed by atoms with Crippen molar-refractivity contribution in [1.82, 2.24) is 9.88 Å². The third kappa shape index (κ3) is 4.17. The highest BCUT2D eigenvalue weighted by Gasteiger charge is 2.23. The molecule has 2 heterocycles. The molecule has 1 saturated heterocycles. The molecule has 0 aliphatic carbocycles. The van der Waals surface area contributed by atoms with Crippen LogP contribution in [0.15, 0.2) is 12.1 Å². The molecule has 0 aromatic carbocycles. The summed E-state index contributed by atoms with van der Waals surface area (Å²) in [6.45, 7) is 8.86. The summed E-state index contributed by atoms with van der Waals surface area (Å²) in [4.78, 5) is 19.1. The summed E-state index contributed by atoms with van der Waals surface area (Å²) in [7, 11) is 0. The van der Waals surface area contributed by atoms with Crippen molar-refractivity contribution >= 4 is 11.7 Å². The summed E-state index contributed by atoms with van der Waals surface area (Å²) in [6.07, 6.45) is 2.01. The van der Waals surface area contributed by atoms with Crippen LogP contribution in [0.5, 0.6) is 0 Å². The Morgan fingerprint density at radius 3 is 2.95 bits per heavy atom. The van der Waals surface area contributed by atoms with Gasteiger partial charge in [-0.25, -0.2) is 4.98 Å². The number of hydrogen-bond donors (Lipinski definition) is 1. The molecule has 1 N–H and O–H groups in total. The van der Waals surface area contributed by atoms with Gasteiger partial charge in [0.2, 0.25) is 0 Å². The molecule has 1 aromatic heterocycles. The van der Waals surface area contributed by atoms with Gasteiger partial charge in [0.15, 0.2) is 0 Å². The summed E-state index contributed by atoms with van der Waals surface area (Å²) in [5.74, 6) is 0.858. The van der Waals surface area contributed by atoms with Crippen LogP contribution in [0.3, 0.4) is 0 Å². The first-order valence-corrected chi connectivity index (χ1v) is 7.79. The SMILES string of the molecule is CCCc1cc(C(=O)N2CCOC(C)C2)cc(NCC)n1. The molecular formula is C16H25N3O2. The van der Waals surface area contributed by atoms with Gasteiger partial charge in [0.1, 0.15) is 5.82 Å². The van der Waals surface area contributed by atoms with Crippen molar-refractivity contribution in [2.75, 3.05) is 31.6 Å². The number of carbonyl (C=O) groups is 1. The van der Waals surface area contributed by atoms with E-state index in [1.807, 2.05) is 30.9 Å². The third-order valence-corrected chi connectivity index (χ3v) is 3.52. The lowest BCUT2D eigenvalue weighted by Crippen LogP contribution is -2.44. The molecule has 1 fully saturated rings. The monoisotopic (exact) mass is 291 g/mol. The minimum absolute atomic E-state index is 0.0732. The van der Waals surface area contributed by atoms with E-state index < -0.39 is 0 Å². The number of pyridine rings is 1. The van der Waals surface area contributed by atoms with Gasteiger partial charge in [0.05, 0.1) is 12.7 Å². The predicted octanol–water partition coefficient (Wildman–Crippen LogP) is 2.33. The molecule has 0 saturated carbocycles. The smallest absolute Gasteiger partial charge is 0.254 e. The Morgan fingerprint density at radius 1 is 1.48 bits per heavy atom. The number of morpholine rings is 1. The van der Waals surface area contributed by atoms with Crippen LogP contribution < -0.4 is 5.32 Å². The van der Waals surface area contributed by atoms with Gasteiger partial charge < -0.3 is 15.0 Å². The second kappa shape index (κ2) is 7.41. The van der Waals surface area contributed by atoms with Gasteiger partial charge in [0.25, 0.3) is 5.91 Å². The van der Waals surface area contributed by atoms with Crippen molar-refractivity contribution in [2.45, 2.75) is 39.7 Å². The van der Waals surface area contributed by atoms with Crippen LogP contribution >= 0.6 is 0 Å². The molecule has 0 radical (unpaired) electrons. The molecule has 116 valence electrons. The lowest BCUT2D eigenvalue weighted by atomic mass is 10.1. The second-order valence-electron chi connectivity index (χ2n) is 5.45. The van der Waals surface area contributed by atoms with Gasteiger partial charge in [-0.1, -0.05) is 13.3 Å². The molecule has 1 aliphatic heterocycles. The van der Waals surface area contributed by atoms with Crippen molar-refractivity contribution in [2.24, 2.45) is 0 Å². The number of aromatic nitrogens is 1. The van der Waals surface area contributed by atoms with Crippen LogP contribution in [0.1, 0.15) is 43.2 Å². The lowest BCUT2D eigenvalue weighted by Gasteiger charge is -2.31. The average Bonchev–Trinajstić information content (AvgIpc) is 2.47. The topological polar surface area (TPSA) is 54.5 Å². The largest absolute Gasteiger partial charge is 0.375 e. The first kappa shape index (κ1) is 15.8. The number of nitrogens with zero attached hydrogens (tertiary/aromatic N) is 2. The fourth-order valence-electron chi connectivity index (χ4n) is 2.55. The quantitative estimate of drug-likeness (QED) is 0.904. The van der Waals surface area contributed by atoms with Crippen molar-refractivity contribution in [3.8, 4) is 0 Å². The van der Waals surface area contributed by atoms with Crippen LogP contribution in [-0.2, 0) is 11.2 Å². The number of nitrogens with one attached hydrogen (secondary N) is 1. The van der Waals surface area contributed by atoms with Crippen molar-refractivity contribution in [1.29, 1.82) is 0 Å². The highest BCUT2D eigenvalue weighted by atomic mass is 16.5. The molecule has 1 atom stereocenters. The second-order valence-corrected chi connectivity index (χ2v) is 5.45. The molecule has 0 bridgehead atoms. The summed E-state index contributed by atoms with van der Waals surface area (Å²) in [6, 6.07) is 3.78. The number of ether oxygens (including phenoxy) is 1. The Morgan fingerprint density at radius 2 is 2.29 bits per heavy atom. The fourth-order valence-corrected chi connectivity index (χ4v) is 2.55.